The van der Waals surface area contributed by atoms with Crippen molar-refractivity contribution in [1.29, 1.82) is 0 Å². The minimum atomic E-state index is -0.311. The second-order valence-corrected chi connectivity index (χ2v) is 7.52. The first kappa shape index (κ1) is 18.7. The molecule has 0 aliphatic carbocycles. The maximum absolute atomic E-state index is 12.4. The molecule has 0 atom stereocenters. The molecule has 4 heteroatoms. The summed E-state index contributed by atoms with van der Waals surface area (Å²) in [7, 11) is 0. The highest BCUT2D eigenvalue weighted by Crippen LogP contribution is 2.17. The molecule has 132 valence electrons. The lowest BCUT2D eigenvalue weighted by Crippen LogP contribution is -2.40. The van der Waals surface area contributed by atoms with Gasteiger partial charge in [-0.15, -0.1) is 0 Å². The number of rotatable bonds is 4. The fourth-order valence-corrected chi connectivity index (χ4v) is 2.37. The number of nitrogens with one attached hydrogen (secondary N) is 2. The monoisotopic (exact) mass is 338 g/mol. The summed E-state index contributed by atoms with van der Waals surface area (Å²) in [6, 6.07) is 14.5. The van der Waals surface area contributed by atoms with Crippen LogP contribution in [0.1, 0.15) is 66.8 Å². The summed E-state index contributed by atoms with van der Waals surface area (Å²) in [6.07, 6.45) is 0. The summed E-state index contributed by atoms with van der Waals surface area (Å²) < 4.78 is 0. The van der Waals surface area contributed by atoms with Crippen molar-refractivity contribution in [2.45, 2.75) is 46.1 Å². The molecular weight excluding hydrogens is 312 g/mol. The Labute approximate surface area is 149 Å². The highest BCUT2D eigenvalue weighted by Gasteiger charge is 2.16. The van der Waals surface area contributed by atoms with Gasteiger partial charge in [-0.25, -0.2) is 0 Å². The van der Waals surface area contributed by atoms with E-state index in [1.54, 1.807) is 24.3 Å². The van der Waals surface area contributed by atoms with E-state index < -0.39 is 0 Å². The molecule has 2 amide bonds. The van der Waals surface area contributed by atoms with Crippen LogP contribution in [0.15, 0.2) is 48.5 Å². The molecule has 25 heavy (non-hydrogen) atoms. The summed E-state index contributed by atoms with van der Waals surface area (Å²) in [4.78, 5) is 24.6. The van der Waals surface area contributed by atoms with Gasteiger partial charge in [0.2, 0.25) is 0 Å². The summed E-state index contributed by atoms with van der Waals surface area (Å²) in [6.45, 7) is 10.0. The molecule has 0 fully saturated rings. The van der Waals surface area contributed by atoms with Gasteiger partial charge in [-0.1, -0.05) is 32.0 Å². The van der Waals surface area contributed by atoms with E-state index in [2.05, 4.69) is 24.5 Å². The zero-order valence-corrected chi connectivity index (χ0v) is 15.5. The molecule has 0 heterocycles. The Morgan fingerprint density at radius 3 is 2.08 bits per heavy atom. The van der Waals surface area contributed by atoms with Gasteiger partial charge in [0.05, 0.1) is 0 Å². The minimum Gasteiger partial charge on any atom is -0.347 e. The molecule has 2 rings (SSSR count). The average Bonchev–Trinajstić information content (AvgIpc) is 2.53. The second-order valence-electron chi connectivity index (χ2n) is 7.52. The Morgan fingerprint density at radius 2 is 1.52 bits per heavy atom. The van der Waals surface area contributed by atoms with Crippen LogP contribution >= 0.6 is 0 Å². The van der Waals surface area contributed by atoms with Gasteiger partial charge in [0.1, 0.15) is 0 Å². The Morgan fingerprint density at radius 1 is 0.880 bits per heavy atom. The summed E-state index contributed by atoms with van der Waals surface area (Å²) in [5.74, 6) is 0.0729. The Balaban J connectivity index is 2.11. The van der Waals surface area contributed by atoms with Crippen molar-refractivity contribution in [3.8, 4) is 0 Å². The normalized spacial score (nSPS) is 11.3. The average molecular weight is 338 g/mol. The molecule has 0 radical (unpaired) electrons. The number of anilines is 1. The van der Waals surface area contributed by atoms with Crippen molar-refractivity contribution in [3.05, 3.63) is 65.2 Å². The minimum absolute atomic E-state index is 0.162. The van der Waals surface area contributed by atoms with Gasteiger partial charge in [0, 0.05) is 22.4 Å². The first-order chi connectivity index (χ1) is 11.7. The number of hydrogen-bond acceptors (Lipinski definition) is 2. The molecule has 0 aromatic heterocycles. The first-order valence-corrected chi connectivity index (χ1v) is 8.49. The van der Waals surface area contributed by atoms with E-state index in [1.165, 1.54) is 5.56 Å². The molecule has 0 bridgehead atoms. The molecule has 0 saturated heterocycles. The fourth-order valence-electron chi connectivity index (χ4n) is 2.37. The van der Waals surface area contributed by atoms with Crippen LogP contribution in [0.2, 0.25) is 0 Å². The van der Waals surface area contributed by atoms with Gasteiger partial charge in [-0.3, -0.25) is 9.59 Å². The van der Waals surface area contributed by atoms with E-state index in [4.69, 9.17) is 0 Å². The summed E-state index contributed by atoms with van der Waals surface area (Å²) >= 11 is 0. The Kier molecular flexibility index (Phi) is 5.62. The van der Waals surface area contributed by atoms with Crippen molar-refractivity contribution in [3.63, 3.8) is 0 Å². The molecule has 2 aromatic rings. The first-order valence-electron chi connectivity index (χ1n) is 8.49. The lowest BCUT2D eigenvalue weighted by Gasteiger charge is -2.20. The van der Waals surface area contributed by atoms with Gasteiger partial charge < -0.3 is 10.6 Å². The quantitative estimate of drug-likeness (QED) is 0.856. The topological polar surface area (TPSA) is 58.2 Å². The predicted octanol–water partition coefficient (Wildman–Crippen LogP) is 4.59. The van der Waals surface area contributed by atoms with Crippen LogP contribution in [0.4, 0.5) is 5.69 Å². The second kappa shape index (κ2) is 7.51. The number of benzene rings is 2. The van der Waals surface area contributed by atoms with Gasteiger partial charge in [0.25, 0.3) is 11.8 Å². The van der Waals surface area contributed by atoms with Crippen molar-refractivity contribution >= 4 is 17.5 Å². The van der Waals surface area contributed by atoms with Crippen LogP contribution in [-0.4, -0.2) is 17.4 Å². The van der Waals surface area contributed by atoms with E-state index in [1.807, 2.05) is 45.0 Å². The third kappa shape index (κ3) is 5.45. The van der Waals surface area contributed by atoms with Gasteiger partial charge >= 0.3 is 0 Å². The number of amides is 2. The van der Waals surface area contributed by atoms with Crippen molar-refractivity contribution in [2.75, 3.05) is 5.32 Å². The van der Waals surface area contributed by atoms with Crippen molar-refractivity contribution in [1.82, 2.24) is 5.32 Å². The van der Waals surface area contributed by atoms with E-state index in [0.29, 0.717) is 22.7 Å². The van der Waals surface area contributed by atoms with Crippen LogP contribution in [0, 0.1) is 0 Å². The molecular formula is C21H26N2O2. The van der Waals surface area contributed by atoms with Crippen molar-refractivity contribution in [2.24, 2.45) is 0 Å². The summed E-state index contributed by atoms with van der Waals surface area (Å²) in [5.41, 5.74) is 2.59. The maximum atomic E-state index is 12.4. The van der Waals surface area contributed by atoms with E-state index >= 15 is 0 Å². The molecule has 0 aliphatic heterocycles. The lowest BCUT2D eigenvalue weighted by molar-refractivity contribution is 0.0918. The van der Waals surface area contributed by atoms with Crippen LogP contribution in [0.25, 0.3) is 0 Å². The number of carbonyl (C=O) groups is 2. The molecule has 0 spiro atoms. The van der Waals surface area contributed by atoms with Gasteiger partial charge in [0.15, 0.2) is 0 Å². The molecule has 0 saturated carbocycles. The van der Waals surface area contributed by atoms with Crippen LogP contribution in [-0.2, 0) is 0 Å². The van der Waals surface area contributed by atoms with Crippen molar-refractivity contribution < 1.29 is 9.59 Å². The lowest BCUT2D eigenvalue weighted by atomic mass is 10.0. The molecule has 4 nitrogen and oxygen atoms in total. The molecule has 0 unspecified atom stereocenters. The van der Waals surface area contributed by atoms with Gasteiger partial charge in [-0.05, 0) is 62.6 Å². The zero-order valence-electron chi connectivity index (χ0n) is 15.5. The van der Waals surface area contributed by atoms with E-state index in [9.17, 15) is 9.59 Å². The third-order valence-corrected chi connectivity index (χ3v) is 3.71. The molecule has 2 aromatic carbocycles. The Hall–Kier alpha value is -2.62. The van der Waals surface area contributed by atoms with Crippen LogP contribution in [0.3, 0.4) is 0 Å². The smallest absolute Gasteiger partial charge is 0.255 e. The largest absolute Gasteiger partial charge is 0.347 e. The maximum Gasteiger partial charge on any atom is 0.255 e. The number of hydrogen-bond donors (Lipinski definition) is 2. The zero-order chi connectivity index (χ0) is 18.6. The van der Waals surface area contributed by atoms with Gasteiger partial charge in [-0.2, -0.15) is 0 Å². The highest BCUT2D eigenvalue weighted by atomic mass is 16.2. The highest BCUT2D eigenvalue weighted by molar-refractivity contribution is 6.05. The molecule has 0 aliphatic rings. The SMILES string of the molecule is CC(C)c1ccc(C(=O)Nc2cccc(C(=O)NC(C)(C)C)c2)cc1. The Bertz CT molecular complexity index is 756. The summed E-state index contributed by atoms with van der Waals surface area (Å²) in [5, 5.41) is 5.76. The molecule has 2 N–H and O–H groups in total. The third-order valence-electron chi connectivity index (χ3n) is 3.71. The van der Waals surface area contributed by atoms with Crippen LogP contribution < -0.4 is 10.6 Å². The van der Waals surface area contributed by atoms with E-state index in [0.717, 1.165) is 0 Å². The number of carbonyl (C=O) groups excluding carboxylic acids is 2. The predicted molar refractivity (Wildman–Crippen MR) is 102 cm³/mol. The standard InChI is InChI=1S/C21H26N2O2/c1-14(2)15-9-11-16(12-10-15)19(24)22-18-8-6-7-17(13-18)20(25)23-21(3,4)5/h6-14H,1-5H3,(H,22,24)(H,23,25). The van der Waals surface area contributed by atoms with Crippen LogP contribution in [0.5, 0.6) is 0 Å². The fraction of sp³-hybridized carbons (Fsp3) is 0.333. The van der Waals surface area contributed by atoms with E-state index in [-0.39, 0.29) is 17.4 Å².